The van der Waals surface area contributed by atoms with Crippen molar-refractivity contribution in [2.75, 3.05) is 38.0 Å². The molecular formula is C20H22N6+2. The van der Waals surface area contributed by atoms with Crippen molar-refractivity contribution in [3.05, 3.63) is 61.2 Å². The molecule has 5 heterocycles. The van der Waals surface area contributed by atoms with Gasteiger partial charge in [0.1, 0.15) is 23.4 Å². The summed E-state index contributed by atoms with van der Waals surface area (Å²) in [5.41, 5.74) is 4.79. The lowest BCUT2D eigenvalue weighted by Crippen LogP contribution is -2.36. The largest absolute Gasteiger partial charge is 0.369 e. The quantitative estimate of drug-likeness (QED) is 0.455. The predicted molar refractivity (Wildman–Crippen MR) is 103 cm³/mol. The Morgan fingerprint density at radius 3 is 1.46 bits per heavy atom. The lowest BCUT2D eigenvalue weighted by molar-refractivity contribution is -0.549. The number of hydrogen-bond acceptors (Lipinski definition) is 2. The number of pyridine rings is 2. The molecule has 0 bridgehead atoms. The van der Waals surface area contributed by atoms with Crippen molar-refractivity contribution < 1.29 is 8.80 Å². The molecule has 0 spiro atoms. The van der Waals surface area contributed by atoms with Gasteiger partial charge in [-0.05, 0) is 24.3 Å². The van der Waals surface area contributed by atoms with Crippen molar-refractivity contribution in [3.63, 3.8) is 0 Å². The molecule has 0 fully saturated rings. The molecule has 0 atom stereocenters. The summed E-state index contributed by atoms with van der Waals surface area (Å²) in [7, 11) is 8.34. The van der Waals surface area contributed by atoms with Crippen molar-refractivity contribution >= 4 is 34.0 Å². The molecule has 130 valence electrons. The second-order valence-corrected chi connectivity index (χ2v) is 7.04. The molecule has 6 heteroatoms. The number of hydrogen-bond donors (Lipinski definition) is 0. The third-order valence-corrected chi connectivity index (χ3v) is 4.94. The Labute approximate surface area is 151 Å². The summed E-state index contributed by atoms with van der Waals surface area (Å²) in [4.78, 5) is 4.31. The highest BCUT2D eigenvalue weighted by Crippen LogP contribution is 2.25. The number of fused-ring (bicyclic) bond motifs is 7. The third-order valence-electron chi connectivity index (χ3n) is 4.94. The van der Waals surface area contributed by atoms with Crippen LogP contribution in [0.25, 0.3) is 22.1 Å². The Bertz CT molecular complexity index is 1190. The van der Waals surface area contributed by atoms with E-state index >= 15 is 0 Å². The van der Waals surface area contributed by atoms with E-state index in [0.717, 1.165) is 11.9 Å². The van der Waals surface area contributed by atoms with Crippen molar-refractivity contribution in [1.82, 2.24) is 8.80 Å². The van der Waals surface area contributed by atoms with Crippen LogP contribution in [-0.4, -0.2) is 37.0 Å². The second kappa shape index (κ2) is 5.11. The van der Waals surface area contributed by atoms with E-state index in [1.807, 2.05) is 0 Å². The van der Waals surface area contributed by atoms with Crippen LogP contribution >= 0.6 is 0 Å². The zero-order valence-electron chi connectivity index (χ0n) is 15.5. The van der Waals surface area contributed by atoms with Gasteiger partial charge in [0, 0.05) is 0 Å². The number of aromatic nitrogens is 4. The summed E-state index contributed by atoms with van der Waals surface area (Å²) >= 11 is 0. The number of imidazole rings is 2. The Morgan fingerprint density at radius 1 is 0.654 bits per heavy atom. The zero-order chi connectivity index (χ0) is 18.0. The molecule has 6 nitrogen and oxygen atoms in total. The van der Waals surface area contributed by atoms with Gasteiger partial charge >= 0.3 is 11.9 Å². The molecule has 0 aliphatic carbocycles. The first-order valence-corrected chi connectivity index (χ1v) is 8.72. The van der Waals surface area contributed by atoms with E-state index in [-0.39, 0.29) is 0 Å². The van der Waals surface area contributed by atoms with Crippen molar-refractivity contribution in [2.24, 2.45) is 0 Å². The highest BCUT2D eigenvalue weighted by Gasteiger charge is 2.29. The fraction of sp³-hybridized carbons (Fsp3) is 0.200. The van der Waals surface area contributed by atoms with Gasteiger partial charge < -0.3 is 0 Å². The second-order valence-electron chi connectivity index (χ2n) is 7.04. The van der Waals surface area contributed by atoms with Gasteiger partial charge in [0.15, 0.2) is 11.0 Å². The van der Waals surface area contributed by atoms with Crippen molar-refractivity contribution in [3.8, 4) is 0 Å². The SMILES string of the molecule is CN(C)c1n2ccccc2c2c3c4ccccn4c(N(C)C)[n+]3cc[n+]12. The summed E-state index contributed by atoms with van der Waals surface area (Å²) in [6.45, 7) is 0. The maximum absolute atomic E-state index is 2.27. The van der Waals surface area contributed by atoms with Gasteiger partial charge in [-0.1, -0.05) is 12.1 Å². The van der Waals surface area contributed by atoms with E-state index in [0.29, 0.717) is 0 Å². The van der Waals surface area contributed by atoms with Crippen LogP contribution in [0, 0.1) is 0 Å². The van der Waals surface area contributed by atoms with Crippen LogP contribution in [0.2, 0.25) is 0 Å². The molecule has 0 unspecified atom stereocenters. The minimum absolute atomic E-state index is 1.12. The Morgan fingerprint density at radius 2 is 1.08 bits per heavy atom. The standard InChI is InChI=1S/C20H22N6/c1-21(2)19-23-11-7-5-9-15(23)17-18-16-10-6-8-12-24(16)20(22(3)4)26(18)14-13-25(17)19/h5-14H,1-4H3/q+2. The first-order valence-electron chi connectivity index (χ1n) is 8.72. The predicted octanol–water partition coefficient (Wildman–Crippen LogP) is 1.80. The molecule has 0 aromatic carbocycles. The molecular weight excluding hydrogens is 324 g/mol. The maximum Gasteiger partial charge on any atom is 0.369 e. The van der Waals surface area contributed by atoms with E-state index in [1.54, 1.807) is 0 Å². The van der Waals surface area contributed by atoms with E-state index in [4.69, 9.17) is 0 Å². The summed E-state index contributed by atoms with van der Waals surface area (Å²) in [5, 5.41) is 0. The van der Waals surface area contributed by atoms with Crippen LogP contribution in [0.15, 0.2) is 61.2 Å². The molecule has 26 heavy (non-hydrogen) atoms. The molecule has 5 aromatic rings. The third kappa shape index (κ3) is 1.76. The molecule has 0 radical (unpaired) electrons. The lowest BCUT2D eigenvalue weighted by Gasteiger charge is -2.05. The normalized spacial score (nSPS) is 11.8. The van der Waals surface area contributed by atoms with Gasteiger partial charge in [-0.3, -0.25) is 9.80 Å². The number of anilines is 2. The van der Waals surface area contributed by atoms with Crippen LogP contribution in [0.3, 0.4) is 0 Å². The maximum atomic E-state index is 2.27. The van der Waals surface area contributed by atoms with Gasteiger partial charge in [0.05, 0.1) is 40.6 Å². The first kappa shape index (κ1) is 15.0. The zero-order valence-corrected chi connectivity index (χ0v) is 15.5. The summed E-state index contributed by atoms with van der Waals surface area (Å²) in [6, 6.07) is 12.7. The Hall–Kier alpha value is -3.28. The van der Waals surface area contributed by atoms with Crippen molar-refractivity contribution in [1.29, 1.82) is 0 Å². The summed E-state index contributed by atoms with van der Waals surface area (Å²) in [5.74, 6) is 2.25. The van der Waals surface area contributed by atoms with E-state index in [9.17, 15) is 0 Å². The van der Waals surface area contributed by atoms with Crippen LogP contribution in [-0.2, 0) is 0 Å². The molecule has 0 aliphatic heterocycles. The topological polar surface area (TPSA) is 23.5 Å². The number of rotatable bonds is 2. The molecule has 0 saturated carbocycles. The fourth-order valence-corrected chi connectivity index (χ4v) is 4.05. The molecule has 0 saturated heterocycles. The van der Waals surface area contributed by atoms with Gasteiger partial charge in [0.25, 0.3) is 0 Å². The van der Waals surface area contributed by atoms with Gasteiger partial charge in [-0.2, -0.15) is 8.80 Å². The van der Waals surface area contributed by atoms with Crippen molar-refractivity contribution in [2.45, 2.75) is 0 Å². The molecule has 0 amide bonds. The molecule has 0 aliphatic rings. The molecule has 5 rings (SSSR count). The molecule has 5 aromatic heterocycles. The Kier molecular flexibility index (Phi) is 2.95. The Balaban J connectivity index is 2.14. The van der Waals surface area contributed by atoms with E-state index < -0.39 is 0 Å². The highest BCUT2D eigenvalue weighted by atomic mass is 15.3. The first-order chi connectivity index (χ1) is 12.6. The summed E-state index contributed by atoms with van der Waals surface area (Å²) in [6.07, 6.45) is 8.55. The van der Waals surface area contributed by atoms with Crippen LogP contribution in [0.1, 0.15) is 0 Å². The van der Waals surface area contributed by atoms with E-state index in [2.05, 4.69) is 117 Å². The average Bonchev–Trinajstić information content (AvgIpc) is 3.14. The van der Waals surface area contributed by atoms with Gasteiger partial charge in [-0.15, -0.1) is 0 Å². The smallest absolute Gasteiger partial charge is 0.269 e. The van der Waals surface area contributed by atoms with Crippen LogP contribution < -0.4 is 18.6 Å². The minimum Gasteiger partial charge on any atom is -0.269 e. The summed E-state index contributed by atoms with van der Waals surface area (Å²) < 4.78 is 9.04. The fourth-order valence-electron chi connectivity index (χ4n) is 4.05. The van der Waals surface area contributed by atoms with Gasteiger partial charge in [-0.25, -0.2) is 8.80 Å². The minimum atomic E-state index is 1.12. The van der Waals surface area contributed by atoms with E-state index in [1.165, 1.54) is 22.1 Å². The molecule has 0 N–H and O–H groups in total. The van der Waals surface area contributed by atoms with Crippen LogP contribution in [0.5, 0.6) is 0 Å². The number of nitrogens with zero attached hydrogens (tertiary/aromatic N) is 6. The monoisotopic (exact) mass is 346 g/mol. The highest BCUT2D eigenvalue weighted by molar-refractivity contribution is 5.95. The van der Waals surface area contributed by atoms with Gasteiger partial charge in [0.2, 0.25) is 0 Å². The average molecular weight is 346 g/mol. The van der Waals surface area contributed by atoms with Crippen LogP contribution in [0.4, 0.5) is 11.9 Å². The lowest BCUT2D eigenvalue weighted by atomic mass is 10.3.